The summed E-state index contributed by atoms with van der Waals surface area (Å²) in [5.74, 6) is -0.0952. The number of hydrogen-bond acceptors (Lipinski definition) is 9. The van der Waals surface area contributed by atoms with E-state index in [0.29, 0.717) is 29.6 Å². The molecule has 0 spiro atoms. The van der Waals surface area contributed by atoms with Crippen LogP contribution in [0.1, 0.15) is 6.42 Å². The molecule has 1 fully saturated rings. The summed E-state index contributed by atoms with van der Waals surface area (Å²) in [7, 11) is -8.55. The molecule has 0 radical (unpaired) electrons. The molecular weight excluding hydrogens is 456 g/mol. The Kier molecular flexibility index (Phi) is 4.81. The van der Waals surface area contributed by atoms with Crippen molar-refractivity contribution in [1.29, 1.82) is 0 Å². The zero-order valence-corrected chi connectivity index (χ0v) is 18.1. The number of sulfonamides is 1. The number of benzene rings is 2. The zero-order chi connectivity index (χ0) is 22.5. The SMILES string of the molecule is NS(=O)(=O)c1c(S(=O)(=O)[C@H]2CCNC2)ccc(-c2cccc3cn[nH]c23)c1-c1nn[nH]n1. The van der Waals surface area contributed by atoms with Gasteiger partial charge in [-0.15, -0.1) is 10.2 Å². The standard InChI is InChI=1S/C18H18N8O4S2/c19-32(29,30)17-14(31(27,28)11-6-7-20-9-11)5-4-12(15(17)18-23-25-26-24-18)13-3-1-2-10-8-21-22-16(10)13/h1-5,8,11,20H,6-7,9H2,(H,21,22)(H2,19,29,30)(H,23,24,25,26)/t11-/m0/s1. The Morgan fingerprint density at radius 1 is 1.06 bits per heavy atom. The summed E-state index contributed by atoms with van der Waals surface area (Å²) in [5, 5.41) is 29.2. The van der Waals surface area contributed by atoms with Gasteiger partial charge in [0.2, 0.25) is 15.8 Å². The van der Waals surface area contributed by atoms with E-state index in [-0.39, 0.29) is 22.8 Å². The first-order chi connectivity index (χ1) is 15.3. The lowest BCUT2D eigenvalue weighted by molar-refractivity contribution is 0.574. The van der Waals surface area contributed by atoms with E-state index < -0.39 is 30.0 Å². The molecule has 32 heavy (non-hydrogen) atoms. The molecule has 5 rings (SSSR count). The highest BCUT2D eigenvalue weighted by Gasteiger charge is 2.37. The van der Waals surface area contributed by atoms with Gasteiger partial charge in [0, 0.05) is 17.5 Å². The first-order valence-electron chi connectivity index (χ1n) is 9.59. The quantitative estimate of drug-likeness (QED) is 0.313. The number of nitrogens with two attached hydrogens (primary N) is 1. The van der Waals surface area contributed by atoms with Crippen LogP contribution in [0.3, 0.4) is 0 Å². The lowest BCUT2D eigenvalue weighted by Gasteiger charge is -2.18. The van der Waals surface area contributed by atoms with Crippen molar-refractivity contribution < 1.29 is 16.8 Å². The van der Waals surface area contributed by atoms with Crippen LogP contribution in [0.4, 0.5) is 0 Å². The molecular formula is C18H18N8O4S2. The third-order valence-corrected chi connectivity index (χ3v) is 8.86. The Labute approximate surface area is 182 Å². The molecule has 5 N–H and O–H groups in total. The number of hydrogen-bond donors (Lipinski definition) is 4. The molecule has 2 aromatic carbocycles. The molecule has 1 aliphatic rings. The molecule has 0 bridgehead atoms. The summed E-state index contributed by atoms with van der Waals surface area (Å²) in [6, 6.07) is 8.18. The average Bonchev–Trinajstić information content (AvgIpc) is 3.54. The van der Waals surface area contributed by atoms with Gasteiger partial charge in [-0.25, -0.2) is 22.0 Å². The van der Waals surface area contributed by atoms with Gasteiger partial charge in [-0.05, 0) is 29.8 Å². The first kappa shape index (κ1) is 20.7. The topological polar surface area (TPSA) is 189 Å². The van der Waals surface area contributed by atoms with Crippen LogP contribution < -0.4 is 10.5 Å². The van der Waals surface area contributed by atoms with Crippen LogP contribution in [0.5, 0.6) is 0 Å². The van der Waals surface area contributed by atoms with Crippen LogP contribution >= 0.6 is 0 Å². The lowest BCUT2D eigenvalue weighted by atomic mass is 9.97. The van der Waals surface area contributed by atoms with Gasteiger partial charge in [0.25, 0.3) is 0 Å². The number of aromatic nitrogens is 6. The van der Waals surface area contributed by atoms with Gasteiger partial charge in [0.15, 0.2) is 9.84 Å². The predicted molar refractivity (Wildman–Crippen MR) is 115 cm³/mol. The fraction of sp³-hybridized carbons (Fsp3) is 0.222. The molecule has 12 nitrogen and oxygen atoms in total. The van der Waals surface area contributed by atoms with Crippen molar-refractivity contribution in [3.63, 3.8) is 0 Å². The number of fused-ring (bicyclic) bond motifs is 1. The van der Waals surface area contributed by atoms with Gasteiger partial charge >= 0.3 is 0 Å². The molecule has 0 amide bonds. The van der Waals surface area contributed by atoms with E-state index in [1.807, 2.05) is 6.07 Å². The van der Waals surface area contributed by atoms with Gasteiger partial charge in [-0.1, -0.05) is 24.3 Å². The van der Waals surface area contributed by atoms with Crippen molar-refractivity contribution in [2.45, 2.75) is 21.5 Å². The Bertz CT molecular complexity index is 1520. The molecule has 166 valence electrons. The molecule has 0 saturated carbocycles. The minimum atomic E-state index is -4.52. The van der Waals surface area contributed by atoms with Gasteiger partial charge in [0.1, 0.15) is 4.90 Å². The van der Waals surface area contributed by atoms with Gasteiger partial charge in [0.05, 0.1) is 27.4 Å². The summed E-state index contributed by atoms with van der Waals surface area (Å²) in [6.07, 6.45) is 1.98. The second-order valence-corrected chi connectivity index (χ2v) is 11.1. The molecule has 1 atom stereocenters. The van der Waals surface area contributed by atoms with Crippen molar-refractivity contribution >= 4 is 30.8 Å². The number of para-hydroxylation sites is 1. The average molecular weight is 475 g/mol. The minimum Gasteiger partial charge on any atom is -0.315 e. The smallest absolute Gasteiger partial charge is 0.240 e. The van der Waals surface area contributed by atoms with Crippen molar-refractivity contribution in [3.8, 4) is 22.5 Å². The number of H-pyrrole nitrogens is 2. The third kappa shape index (κ3) is 3.28. The molecule has 1 saturated heterocycles. The number of sulfone groups is 1. The zero-order valence-electron chi connectivity index (χ0n) is 16.5. The number of rotatable bonds is 5. The summed E-state index contributed by atoms with van der Waals surface area (Å²) in [4.78, 5) is -0.936. The van der Waals surface area contributed by atoms with Crippen LogP contribution in [0, 0.1) is 0 Å². The maximum absolute atomic E-state index is 13.4. The highest BCUT2D eigenvalue weighted by atomic mass is 32.2. The summed E-state index contributed by atoms with van der Waals surface area (Å²) in [5.41, 5.74) is 1.54. The largest absolute Gasteiger partial charge is 0.315 e. The maximum Gasteiger partial charge on any atom is 0.240 e. The molecule has 0 aliphatic carbocycles. The van der Waals surface area contributed by atoms with E-state index in [0.717, 1.165) is 5.39 Å². The van der Waals surface area contributed by atoms with Crippen molar-refractivity contribution in [1.82, 2.24) is 36.1 Å². The van der Waals surface area contributed by atoms with Crippen LogP contribution in [-0.4, -0.2) is 66.0 Å². The Hall–Kier alpha value is -3.20. The highest BCUT2D eigenvalue weighted by Crippen LogP contribution is 2.41. The van der Waals surface area contributed by atoms with Crippen molar-refractivity contribution in [2.24, 2.45) is 5.14 Å². The molecule has 2 aromatic heterocycles. The molecule has 1 aliphatic heterocycles. The third-order valence-electron chi connectivity index (χ3n) is 5.50. The van der Waals surface area contributed by atoms with E-state index in [2.05, 4.69) is 36.1 Å². The number of primary sulfonamides is 1. The van der Waals surface area contributed by atoms with Crippen molar-refractivity contribution in [2.75, 3.05) is 13.1 Å². The minimum absolute atomic E-state index is 0.0459. The Morgan fingerprint density at radius 3 is 2.59 bits per heavy atom. The number of nitrogens with zero attached hydrogens (tertiary/aromatic N) is 4. The molecule has 4 aromatic rings. The highest BCUT2D eigenvalue weighted by molar-refractivity contribution is 7.94. The molecule has 14 heteroatoms. The fourth-order valence-electron chi connectivity index (χ4n) is 4.05. The summed E-state index contributed by atoms with van der Waals surface area (Å²) in [6.45, 7) is 0.741. The molecule has 3 heterocycles. The van der Waals surface area contributed by atoms with Gasteiger partial charge in [-0.3, -0.25) is 5.10 Å². The van der Waals surface area contributed by atoms with Gasteiger partial charge < -0.3 is 5.32 Å². The summed E-state index contributed by atoms with van der Waals surface area (Å²) < 4.78 is 52.4. The van der Waals surface area contributed by atoms with Crippen LogP contribution in [-0.2, 0) is 19.9 Å². The number of tetrazole rings is 1. The van der Waals surface area contributed by atoms with E-state index in [9.17, 15) is 16.8 Å². The van der Waals surface area contributed by atoms with E-state index in [1.54, 1.807) is 18.3 Å². The van der Waals surface area contributed by atoms with Crippen LogP contribution in [0.25, 0.3) is 33.4 Å². The fourth-order valence-corrected chi connectivity index (χ4v) is 7.32. The normalized spacial score (nSPS) is 17.2. The lowest BCUT2D eigenvalue weighted by Crippen LogP contribution is -2.27. The van der Waals surface area contributed by atoms with Crippen LogP contribution in [0.2, 0.25) is 0 Å². The number of nitrogens with one attached hydrogen (secondary N) is 3. The second-order valence-electron chi connectivity index (χ2n) is 7.40. The Balaban J connectivity index is 1.89. The second kappa shape index (κ2) is 7.44. The maximum atomic E-state index is 13.4. The van der Waals surface area contributed by atoms with Crippen molar-refractivity contribution in [3.05, 3.63) is 36.5 Å². The predicted octanol–water partition coefficient (Wildman–Crippen LogP) is 0.193. The van der Waals surface area contributed by atoms with E-state index in [1.165, 1.54) is 12.1 Å². The molecule has 0 unspecified atom stereocenters. The number of aromatic amines is 2. The van der Waals surface area contributed by atoms with Crippen LogP contribution in [0.15, 0.2) is 46.3 Å². The van der Waals surface area contributed by atoms with E-state index >= 15 is 0 Å². The monoisotopic (exact) mass is 474 g/mol. The van der Waals surface area contributed by atoms with Gasteiger partial charge in [-0.2, -0.15) is 10.3 Å². The summed E-state index contributed by atoms with van der Waals surface area (Å²) >= 11 is 0. The Morgan fingerprint density at radius 2 is 1.91 bits per heavy atom. The van der Waals surface area contributed by atoms with E-state index in [4.69, 9.17) is 5.14 Å². The first-order valence-corrected chi connectivity index (χ1v) is 12.7.